The van der Waals surface area contributed by atoms with E-state index in [0.29, 0.717) is 47.8 Å². The molecule has 1 heterocycles. The number of hydrogen-bond acceptors (Lipinski definition) is 7. The zero-order valence-electron chi connectivity index (χ0n) is 19.5. The van der Waals surface area contributed by atoms with E-state index in [0.717, 1.165) is 16.2 Å². The largest absolute Gasteiger partial charge is 0.493 e. The molecule has 6 nitrogen and oxygen atoms in total. The van der Waals surface area contributed by atoms with E-state index >= 15 is 0 Å². The highest BCUT2D eigenvalue weighted by atomic mass is 35.5. The minimum Gasteiger partial charge on any atom is -0.493 e. The summed E-state index contributed by atoms with van der Waals surface area (Å²) < 4.78 is 22.8. The van der Waals surface area contributed by atoms with Gasteiger partial charge < -0.3 is 18.9 Å². The highest BCUT2D eigenvalue weighted by Gasteiger charge is 2.14. The van der Waals surface area contributed by atoms with Crippen LogP contribution in [-0.2, 0) is 9.53 Å². The van der Waals surface area contributed by atoms with Crippen molar-refractivity contribution < 1.29 is 23.7 Å². The van der Waals surface area contributed by atoms with Gasteiger partial charge in [-0.15, -0.1) is 11.8 Å². The van der Waals surface area contributed by atoms with Crippen LogP contribution in [0.4, 0.5) is 0 Å². The molecule has 1 unspecified atom stereocenters. The molecule has 0 aliphatic heterocycles. The van der Waals surface area contributed by atoms with Crippen LogP contribution in [0, 0.1) is 6.92 Å². The minimum absolute atomic E-state index is 0.160. The Bertz CT molecular complexity index is 1080. The van der Waals surface area contributed by atoms with E-state index in [1.54, 1.807) is 13.0 Å². The number of para-hydroxylation sites is 1. The number of benzene rings is 2. The maximum Gasteiger partial charge on any atom is 0.316 e. The molecule has 1 aromatic heterocycles. The Morgan fingerprint density at radius 2 is 1.91 bits per heavy atom. The Hall–Kier alpha value is -2.90. The Morgan fingerprint density at radius 3 is 2.65 bits per heavy atom. The molecule has 0 saturated carbocycles. The molecule has 2 aromatic carbocycles. The van der Waals surface area contributed by atoms with Crippen molar-refractivity contribution in [3.05, 3.63) is 71.4 Å². The molecule has 3 aromatic rings. The van der Waals surface area contributed by atoms with Gasteiger partial charge in [0.05, 0.1) is 24.0 Å². The number of nitrogens with zero attached hydrogens (tertiary/aromatic N) is 1. The summed E-state index contributed by atoms with van der Waals surface area (Å²) in [5.74, 6) is 2.35. The normalized spacial score (nSPS) is 11.5. The number of rotatable bonds is 12. The van der Waals surface area contributed by atoms with Crippen LogP contribution in [0.1, 0.15) is 25.8 Å². The van der Waals surface area contributed by atoms with Crippen molar-refractivity contribution in [2.75, 3.05) is 19.0 Å². The number of aromatic nitrogens is 1. The van der Waals surface area contributed by atoms with Gasteiger partial charge in [0.25, 0.3) is 5.88 Å². The van der Waals surface area contributed by atoms with Gasteiger partial charge in [-0.25, -0.2) is 4.98 Å². The van der Waals surface area contributed by atoms with Crippen LogP contribution in [0.15, 0.2) is 65.7 Å². The standard InChI is InChI=1S/C26H28ClNO5S/c1-4-30-25(29)17-34-24-11-10-22(14-18(24)2)31-13-12-19(3)32-26-23(15-20(27)16-28-26)33-21-8-6-5-7-9-21/h5-11,14-16,19H,4,12-13,17H2,1-3H3. The van der Waals surface area contributed by atoms with E-state index in [1.165, 1.54) is 18.0 Å². The van der Waals surface area contributed by atoms with Crippen molar-refractivity contribution >= 4 is 29.3 Å². The number of thioether (sulfide) groups is 1. The van der Waals surface area contributed by atoms with E-state index in [2.05, 4.69) is 4.98 Å². The average Bonchev–Trinajstić information content (AvgIpc) is 2.81. The van der Waals surface area contributed by atoms with Crippen LogP contribution in [-0.4, -0.2) is 36.0 Å². The first-order valence-electron chi connectivity index (χ1n) is 11.0. The lowest BCUT2D eigenvalue weighted by molar-refractivity contribution is -0.139. The molecular weight excluding hydrogens is 474 g/mol. The van der Waals surface area contributed by atoms with Gasteiger partial charge in [-0.1, -0.05) is 29.8 Å². The summed E-state index contributed by atoms with van der Waals surface area (Å²) >= 11 is 7.56. The van der Waals surface area contributed by atoms with Crippen LogP contribution in [0.2, 0.25) is 5.02 Å². The predicted octanol–water partition coefficient (Wildman–Crippen LogP) is 6.73. The molecule has 1 atom stereocenters. The lowest BCUT2D eigenvalue weighted by Gasteiger charge is -2.17. The summed E-state index contributed by atoms with van der Waals surface area (Å²) in [6, 6.07) is 16.9. The minimum atomic E-state index is -0.214. The molecule has 0 spiro atoms. The van der Waals surface area contributed by atoms with E-state index in [4.69, 9.17) is 30.5 Å². The third-order valence-electron chi connectivity index (χ3n) is 4.66. The van der Waals surface area contributed by atoms with Gasteiger partial charge in [-0.2, -0.15) is 0 Å². The zero-order chi connectivity index (χ0) is 24.3. The lowest BCUT2D eigenvalue weighted by Crippen LogP contribution is -2.17. The topological polar surface area (TPSA) is 66.9 Å². The van der Waals surface area contributed by atoms with Crippen molar-refractivity contribution in [3.8, 4) is 23.1 Å². The fourth-order valence-electron chi connectivity index (χ4n) is 2.99. The van der Waals surface area contributed by atoms with Gasteiger partial charge in [0, 0.05) is 23.6 Å². The maximum absolute atomic E-state index is 11.6. The van der Waals surface area contributed by atoms with Crippen LogP contribution in [0.3, 0.4) is 0 Å². The monoisotopic (exact) mass is 501 g/mol. The van der Waals surface area contributed by atoms with Crippen LogP contribution in [0.25, 0.3) is 0 Å². The molecule has 8 heteroatoms. The summed E-state index contributed by atoms with van der Waals surface area (Å²) in [7, 11) is 0. The third kappa shape index (κ3) is 8.15. The Labute approximate surface area is 209 Å². The van der Waals surface area contributed by atoms with E-state index in [-0.39, 0.29) is 12.1 Å². The van der Waals surface area contributed by atoms with Gasteiger partial charge in [0.15, 0.2) is 5.75 Å². The number of halogens is 1. The van der Waals surface area contributed by atoms with Gasteiger partial charge in [0.2, 0.25) is 0 Å². The maximum atomic E-state index is 11.6. The van der Waals surface area contributed by atoms with Gasteiger partial charge >= 0.3 is 5.97 Å². The van der Waals surface area contributed by atoms with E-state index in [1.807, 2.05) is 62.4 Å². The van der Waals surface area contributed by atoms with E-state index in [9.17, 15) is 4.79 Å². The Kier molecular flexibility index (Phi) is 9.91. The first-order chi connectivity index (χ1) is 16.4. The van der Waals surface area contributed by atoms with Crippen molar-refractivity contribution in [1.82, 2.24) is 4.98 Å². The number of carbonyl (C=O) groups is 1. The first kappa shape index (κ1) is 25.7. The molecule has 3 rings (SSSR count). The molecule has 180 valence electrons. The molecule has 0 amide bonds. The smallest absolute Gasteiger partial charge is 0.316 e. The Morgan fingerprint density at radius 1 is 1.12 bits per heavy atom. The van der Waals surface area contributed by atoms with Crippen molar-refractivity contribution in [2.24, 2.45) is 0 Å². The molecule has 0 aliphatic carbocycles. The third-order valence-corrected chi connectivity index (χ3v) is 6.01. The lowest BCUT2D eigenvalue weighted by atomic mass is 10.2. The predicted molar refractivity (Wildman–Crippen MR) is 135 cm³/mol. The second-order valence-corrected chi connectivity index (χ2v) is 8.91. The molecular formula is C26H28ClNO5S. The summed E-state index contributed by atoms with van der Waals surface area (Å²) in [5.41, 5.74) is 1.05. The van der Waals surface area contributed by atoms with Crippen LogP contribution >= 0.6 is 23.4 Å². The van der Waals surface area contributed by atoms with Gasteiger partial charge in [-0.3, -0.25) is 4.79 Å². The summed E-state index contributed by atoms with van der Waals surface area (Å²) in [6.07, 6.45) is 2.02. The molecule has 0 aliphatic rings. The van der Waals surface area contributed by atoms with Gasteiger partial charge in [0.1, 0.15) is 17.6 Å². The summed E-state index contributed by atoms with van der Waals surface area (Å²) in [6.45, 7) is 6.61. The zero-order valence-corrected chi connectivity index (χ0v) is 21.0. The second kappa shape index (κ2) is 13.1. The Balaban J connectivity index is 1.50. The summed E-state index contributed by atoms with van der Waals surface area (Å²) in [4.78, 5) is 16.9. The number of aryl methyl sites for hydroxylation is 1. The number of carbonyl (C=O) groups excluding carboxylic acids is 1. The molecule has 34 heavy (non-hydrogen) atoms. The number of hydrogen-bond donors (Lipinski definition) is 0. The first-order valence-corrected chi connectivity index (χ1v) is 12.4. The number of esters is 1. The highest BCUT2D eigenvalue weighted by Crippen LogP contribution is 2.33. The van der Waals surface area contributed by atoms with Crippen LogP contribution in [0.5, 0.6) is 23.1 Å². The molecule has 0 fully saturated rings. The van der Waals surface area contributed by atoms with Crippen molar-refractivity contribution in [3.63, 3.8) is 0 Å². The molecule has 0 saturated heterocycles. The molecule has 0 radical (unpaired) electrons. The summed E-state index contributed by atoms with van der Waals surface area (Å²) in [5, 5.41) is 0.466. The van der Waals surface area contributed by atoms with Gasteiger partial charge in [-0.05, 0) is 56.7 Å². The number of ether oxygens (including phenoxy) is 4. The fourth-order valence-corrected chi connectivity index (χ4v) is 3.95. The average molecular weight is 502 g/mol. The number of pyridine rings is 1. The SMILES string of the molecule is CCOC(=O)CSc1ccc(OCCC(C)Oc2ncc(Cl)cc2Oc2ccccc2)cc1C. The van der Waals surface area contributed by atoms with Crippen LogP contribution < -0.4 is 14.2 Å². The molecule has 0 bridgehead atoms. The molecule has 0 N–H and O–H groups in total. The fraction of sp³-hybridized carbons (Fsp3) is 0.308. The highest BCUT2D eigenvalue weighted by molar-refractivity contribution is 8.00. The van der Waals surface area contributed by atoms with Crippen molar-refractivity contribution in [1.29, 1.82) is 0 Å². The second-order valence-electron chi connectivity index (χ2n) is 7.46. The quantitative estimate of drug-likeness (QED) is 0.201. The van der Waals surface area contributed by atoms with E-state index < -0.39 is 0 Å². The van der Waals surface area contributed by atoms with Crippen molar-refractivity contribution in [2.45, 2.75) is 38.2 Å².